The van der Waals surface area contributed by atoms with Crippen molar-refractivity contribution in [1.82, 2.24) is 5.32 Å². The van der Waals surface area contributed by atoms with Gasteiger partial charge >= 0.3 is 0 Å². The van der Waals surface area contributed by atoms with Crippen LogP contribution in [0.4, 0.5) is 11.4 Å². The van der Waals surface area contributed by atoms with Crippen LogP contribution in [-0.4, -0.2) is 32.0 Å². The van der Waals surface area contributed by atoms with Gasteiger partial charge in [-0.15, -0.1) is 0 Å². The molecule has 0 bridgehead atoms. The van der Waals surface area contributed by atoms with E-state index in [1.807, 2.05) is 49.4 Å². The third kappa shape index (κ3) is 5.53. The van der Waals surface area contributed by atoms with Crippen molar-refractivity contribution in [2.45, 2.75) is 13.3 Å². The lowest BCUT2D eigenvalue weighted by Crippen LogP contribution is -2.36. The summed E-state index contributed by atoms with van der Waals surface area (Å²) in [6, 6.07) is 14.9. The second-order valence-corrected chi connectivity index (χ2v) is 5.39. The van der Waals surface area contributed by atoms with Gasteiger partial charge < -0.3 is 20.7 Å². The SMILES string of the molecule is CCc1ccccc1NC(=O)CNC(=O)CNc1ccccc1OC. The lowest BCUT2D eigenvalue weighted by Gasteiger charge is -2.12. The van der Waals surface area contributed by atoms with E-state index in [1.165, 1.54) is 0 Å². The highest BCUT2D eigenvalue weighted by Crippen LogP contribution is 2.22. The Bertz CT molecular complexity index is 731. The number of rotatable bonds is 8. The molecule has 0 spiro atoms. The van der Waals surface area contributed by atoms with Gasteiger partial charge in [0.25, 0.3) is 0 Å². The standard InChI is InChI=1S/C19H23N3O3/c1-3-14-8-4-5-9-15(14)22-19(24)13-21-18(23)12-20-16-10-6-7-11-17(16)25-2/h4-11,20H,3,12-13H2,1-2H3,(H,21,23)(H,22,24). The van der Waals surface area contributed by atoms with Gasteiger partial charge in [0.1, 0.15) is 5.75 Å². The predicted octanol–water partition coefficient (Wildman–Crippen LogP) is 2.42. The van der Waals surface area contributed by atoms with Crippen LogP contribution in [0.25, 0.3) is 0 Å². The van der Waals surface area contributed by atoms with Gasteiger partial charge in [0, 0.05) is 5.69 Å². The van der Waals surface area contributed by atoms with Crippen molar-refractivity contribution in [3.05, 3.63) is 54.1 Å². The number of benzene rings is 2. The second-order valence-electron chi connectivity index (χ2n) is 5.39. The first-order chi connectivity index (χ1) is 12.1. The van der Waals surface area contributed by atoms with Crippen LogP contribution in [0.2, 0.25) is 0 Å². The van der Waals surface area contributed by atoms with Crippen molar-refractivity contribution in [3.63, 3.8) is 0 Å². The Balaban J connectivity index is 1.78. The number of hydrogen-bond donors (Lipinski definition) is 3. The fourth-order valence-electron chi connectivity index (χ4n) is 2.35. The molecule has 3 N–H and O–H groups in total. The molecular weight excluding hydrogens is 318 g/mol. The molecule has 0 radical (unpaired) electrons. The van der Waals surface area contributed by atoms with E-state index in [4.69, 9.17) is 4.74 Å². The van der Waals surface area contributed by atoms with Gasteiger partial charge in [-0.2, -0.15) is 0 Å². The van der Waals surface area contributed by atoms with Crippen molar-refractivity contribution in [3.8, 4) is 5.75 Å². The second kappa shape index (κ2) is 9.32. The highest BCUT2D eigenvalue weighted by atomic mass is 16.5. The average Bonchev–Trinajstić information content (AvgIpc) is 2.65. The fourth-order valence-corrected chi connectivity index (χ4v) is 2.35. The number of anilines is 2. The number of carbonyl (C=O) groups excluding carboxylic acids is 2. The molecule has 2 rings (SSSR count). The lowest BCUT2D eigenvalue weighted by atomic mass is 10.1. The maximum absolute atomic E-state index is 12.0. The van der Waals surface area contributed by atoms with E-state index >= 15 is 0 Å². The van der Waals surface area contributed by atoms with E-state index in [0.717, 1.165) is 23.4 Å². The molecule has 2 amide bonds. The Hall–Kier alpha value is -3.02. The van der Waals surface area contributed by atoms with Crippen LogP contribution in [0.1, 0.15) is 12.5 Å². The zero-order valence-corrected chi connectivity index (χ0v) is 14.5. The molecule has 2 aromatic carbocycles. The van der Waals surface area contributed by atoms with Gasteiger partial charge in [0.05, 0.1) is 25.9 Å². The lowest BCUT2D eigenvalue weighted by molar-refractivity contribution is -0.122. The Labute approximate surface area is 147 Å². The first-order valence-corrected chi connectivity index (χ1v) is 8.15. The van der Waals surface area contributed by atoms with Gasteiger partial charge in [0.2, 0.25) is 11.8 Å². The monoisotopic (exact) mass is 341 g/mol. The van der Waals surface area contributed by atoms with E-state index in [-0.39, 0.29) is 24.9 Å². The van der Waals surface area contributed by atoms with Gasteiger partial charge in [-0.3, -0.25) is 9.59 Å². The molecule has 132 valence electrons. The summed E-state index contributed by atoms with van der Waals surface area (Å²) in [5.74, 6) is 0.126. The highest BCUT2D eigenvalue weighted by molar-refractivity contribution is 5.95. The minimum Gasteiger partial charge on any atom is -0.495 e. The van der Waals surface area contributed by atoms with Crippen LogP contribution in [0.5, 0.6) is 5.75 Å². The summed E-state index contributed by atoms with van der Waals surface area (Å²) >= 11 is 0. The van der Waals surface area contributed by atoms with Crippen molar-refractivity contribution in [2.75, 3.05) is 30.8 Å². The molecule has 2 aromatic rings. The fraction of sp³-hybridized carbons (Fsp3) is 0.263. The summed E-state index contributed by atoms with van der Waals surface area (Å²) in [7, 11) is 1.57. The number of para-hydroxylation sites is 3. The molecule has 0 saturated carbocycles. The smallest absolute Gasteiger partial charge is 0.243 e. The number of nitrogens with one attached hydrogen (secondary N) is 3. The summed E-state index contributed by atoms with van der Waals surface area (Å²) < 4.78 is 5.21. The molecular formula is C19H23N3O3. The Morgan fingerprint density at radius 1 is 0.920 bits per heavy atom. The Morgan fingerprint density at radius 2 is 1.60 bits per heavy atom. The van der Waals surface area contributed by atoms with Crippen molar-refractivity contribution < 1.29 is 14.3 Å². The molecule has 0 atom stereocenters. The largest absolute Gasteiger partial charge is 0.495 e. The molecule has 0 aliphatic rings. The summed E-state index contributed by atoms with van der Waals surface area (Å²) in [4.78, 5) is 23.9. The van der Waals surface area contributed by atoms with Crippen LogP contribution < -0.4 is 20.7 Å². The van der Waals surface area contributed by atoms with Crippen LogP contribution in [-0.2, 0) is 16.0 Å². The molecule has 0 saturated heterocycles. The molecule has 0 unspecified atom stereocenters. The summed E-state index contributed by atoms with van der Waals surface area (Å²) in [5, 5.41) is 8.40. The zero-order chi connectivity index (χ0) is 18.1. The molecule has 0 aliphatic heterocycles. The average molecular weight is 341 g/mol. The number of carbonyl (C=O) groups is 2. The number of amides is 2. The van der Waals surface area contributed by atoms with E-state index in [2.05, 4.69) is 16.0 Å². The molecule has 6 heteroatoms. The third-order valence-electron chi connectivity index (χ3n) is 3.66. The van der Waals surface area contributed by atoms with Crippen molar-refractivity contribution in [1.29, 1.82) is 0 Å². The maximum Gasteiger partial charge on any atom is 0.243 e. The van der Waals surface area contributed by atoms with Crippen LogP contribution >= 0.6 is 0 Å². The molecule has 0 fully saturated rings. The maximum atomic E-state index is 12.0. The molecule has 6 nitrogen and oxygen atoms in total. The van der Waals surface area contributed by atoms with Crippen molar-refractivity contribution >= 4 is 23.2 Å². The Kier molecular flexibility index (Phi) is 6.83. The van der Waals surface area contributed by atoms with E-state index < -0.39 is 0 Å². The van der Waals surface area contributed by atoms with Crippen molar-refractivity contribution in [2.24, 2.45) is 0 Å². The zero-order valence-electron chi connectivity index (χ0n) is 14.5. The number of ether oxygens (including phenoxy) is 1. The van der Waals surface area contributed by atoms with E-state index in [0.29, 0.717) is 5.75 Å². The first-order valence-electron chi connectivity index (χ1n) is 8.15. The minimum atomic E-state index is -0.273. The van der Waals surface area contributed by atoms with Crippen LogP contribution in [0, 0.1) is 0 Å². The molecule has 25 heavy (non-hydrogen) atoms. The molecule has 0 aromatic heterocycles. The van der Waals surface area contributed by atoms with Gasteiger partial charge in [-0.05, 0) is 30.2 Å². The summed E-state index contributed by atoms with van der Waals surface area (Å²) in [5.41, 5.74) is 2.55. The number of aryl methyl sites for hydroxylation is 1. The minimum absolute atomic E-state index is 0.0548. The molecule has 0 heterocycles. The summed E-state index contributed by atoms with van der Waals surface area (Å²) in [6.45, 7) is 2.00. The number of hydrogen-bond acceptors (Lipinski definition) is 4. The normalized spacial score (nSPS) is 10.0. The third-order valence-corrected chi connectivity index (χ3v) is 3.66. The van der Waals surface area contributed by atoms with Crippen LogP contribution in [0.15, 0.2) is 48.5 Å². The van der Waals surface area contributed by atoms with Gasteiger partial charge in [0.15, 0.2) is 0 Å². The Morgan fingerprint density at radius 3 is 2.32 bits per heavy atom. The van der Waals surface area contributed by atoms with Gasteiger partial charge in [-0.1, -0.05) is 37.3 Å². The van der Waals surface area contributed by atoms with Gasteiger partial charge in [-0.25, -0.2) is 0 Å². The van der Waals surface area contributed by atoms with Crippen LogP contribution in [0.3, 0.4) is 0 Å². The topological polar surface area (TPSA) is 79.5 Å². The van der Waals surface area contributed by atoms with E-state index in [1.54, 1.807) is 13.2 Å². The summed E-state index contributed by atoms with van der Waals surface area (Å²) in [6.07, 6.45) is 0.825. The molecule has 0 aliphatic carbocycles. The number of methoxy groups -OCH3 is 1. The first kappa shape index (κ1) is 18.3. The van der Waals surface area contributed by atoms with E-state index in [9.17, 15) is 9.59 Å². The highest BCUT2D eigenvalue weighted by Gasteiger charge is 2.09. The predicted molar refractivity (Wildman–Crippen MR) is 98.9 cm³/mol. The quantitative estimate of drug-likeness (QED) is 0.689.